The molecule has 28 heavy (non-hydrogen) atoms. The first-order valence-corrected chi connectivity index (χ1v) is 8.82. The number of Topliss-reactive ketones (excluding diaryl/α,β-unsaturated/α-hetero) is 1. The lowest BCUT2D eigenvalue weighted by Gasteiger charge is -2.25. The van der Waals surface area contributed by atoms with Crippen LogP contribution in [0.3, 0.4) is 0 Å². The Balaban J connectivity index is 1.62. The van der Waals surface area contributed by atoms with Gasteiger partial charge in [0.05, 0.1) is 12.1 Å². The summed E-state index contributed by atoms with van der Waals surface area (Å²) in [5, 5.41) is 3.94. The molecule has 0 aliphatic rings. The fourth-order valence-electron chi connectivity index (χ4n) is 3.02. The van der Waals surface area contributed by atoms with E-state index in [1.54, 1.807) is 12.1 Å². The van der Waals surface area contributed by atoms with E-state index in [0.717, 1.165) is 23.1 Å². The van der Waals surface area contributed by atoms with Crippen molar-refractivity contribution in [1.29, 1.82) is 0 Å². The van der Waals surface area contributed by atoms with Crippen LogP contribution in [0.1, 0.15) is 27.7 Å². The molecule has 148 valence electrons. The third-order valence-corrected chi connectivity index (χ3v) is 4.57. The van der Waals surface area contributed by atoms with Crippen LogP contribution in [0.2, 0.25) is 0 Å². The maximum atomic E-state index is 12.7. The van der Waals surface area contributed by atoms with Gasteiger partial charge in [0, 0.05) is 18.0 Å². The van der Waals surface area contributed by atoms with E-state index in [9.17, 15) is 18.0 Å². The number of benzene rings is 2. The van der Waals surface area contributed by atoms with E-state index in [1.165, 1.54) is 12.1 Å². The predicted molar refractivity (Wildman–Crippen MR) is 101 cm³/mol. The average molecular weight is 390 g/mol. The molecule has 0 saturated carbocycles. The van der Waals surface area contributed by atoms with Gasteiger partial charge in [0.1, 0.15) is 5.58 Å². The summed E-state index contributed by atoms with van der Waals surface area (Å²) >= 11 is 0. The second-order valence-corrected chi connectivity index (χ2v) is 6.80. The first-order valence-electron chi connectivity index (χ1n) is 8.82. The van der Waals surface area contributed by atoms with Crippen molar-refractivity contribution in [2.45, 2.75) is 12.2 Å². The van der Waals surface area contributed by atoms with Gasteiger partial charge in [0.2, 0.25) is 5.78 Å². The van der Waals surface area contributed by atoms with Crippen LogP contribution in [0.4, 0.5) is 13.2 Å². The SMILES string of the molecule is CN(C)C(CNCC(=O)c1cc2ccccc2o1)c1ccc(C(F)(F)F)cc1. The smallest absolute Gasteiger partial charge is 0.416 e. The zero-order chi connectivity index (χ0) is 20.3. The van der Waals surface area contributed by atoms with E-state index in [1.807, 2.05) is 37.2 Å². The van der Waals surface area contributed by atoms with Crippen LogP contribution in [0.25, 0.3) is 11.0 Å². The quantitative estimate of drug-likeness (QED) is 0.602. The summed E-state index contributed by atoms with van der Waals surface area (Å²) in [5.74, 6) is 0.103. The minimum Gasteiger partial charge on any atom is -0.453 e. The standard InChI is InChI=1S/C21H21F3N2O2/c1-26(2)17(14-7-9-16(10-8-14)21(22,23)24)12-25-13-18(27)20-11-15-5-3-4-6-19(15)28-20/h3-11,17,25H,12-13H2,1-2H3. The summed E-state index contributed by atoms with van der Waals surface area (Å²) in [6, 6.07) is 14.0. The number of para-hydroxylation sites is 1. The second-order valence-electron chi connectivity index (χ2n) is 6.80. The van der Waals surface area contributed by atoms with Crippen LogP contribution in [0.15, 0.2) is 59.0 Å². The lowest BCUT2D eigenvalue weighted by molar-refractivity contribution is -0.137. The van der Waals surface area contributed by atoms with Gasteiger partial charge in [0.25, 0.3) is 0 Å². The Hall–Kier alpha value is -2.64. The van der Waals surface area contributed by atoms with Gasteiger partial charge in [-0.05, 0) is 43.9 Å². The van der Waals surface area contributed by atoms with Crippen molar-refractivity contribution in [1.82, 2.24) is 10.2 Å². The zero-order valence-corrected chi connectivity index (χ0v) is 15.6. The summed E-state index contributed by atoms with van der Waals surface area (Å²) in [5.41, 5.74) is 0.713. The number of fused-ring (bicyclic) bond motifs is 1. The summed E-state index contributed by atoms with van der Waals surface area (Å²) < 4.78 is 43.8. The van der Waals surface area contributed by atoms with Gasteiger partial charge in [-0.3, -0.25) is 4.79 Å². The van der Waals surface area contributed by atoms with Gasteiger partial charge >= 0.3 is 6.18 Å². The normalized spacial score (nSPS) is 13.2. The Bertz CT molecular complexity index is 913. The molecule has 0 amide bonds. The molecule has 1 atom stereocenters. The highest BCUT2D eigenvalue weighted by molar-refractivity contribution is 5.98. The van der Waals surface area contributed by atoms with Crippen LogP contribution < -0.4 is 5.32 Å². The van der Waals surface area contributed by atoms with Gasteiger partial charge in [0.15, 0.2) is 5.76 Å². The third kappa shape index (κ3) is 4.61. The molecule has 1 aromatic heterocycles. The van der Waals surface area contributed by atoms with Gasteiger partial charge in [-0.25, -0.2) is 0 Å². The Morgan fingerprint density at radius 3 is 2.39 bits per heavy atom. The number of hydrogen-bond acceptors (Lipinski definition) is 4. The number of hydrogen-bond donors (Lipinski definition) is 1. The molecule has 0 aliphatic heterocycles. The fraction of sp³-hybridized carbons (Fsp3) is 0.286. The molecule has 0 spiro atoms. The lowest BCUT2D eigenvalue weighted by Crippen LogP contribution is -2.33. The molecule has 2 aromatic carbocycles. The van der Waals surface area contributed by atoms with E-state index in [0.29, 0.717) is 12.1 Å². The highest BCUT2D eigenvalue weighted by Crippen LogP contribution is 2.30. The highest BCUT2D eigenvalue weighted by atomic mass is 19.4. The third-order valence-electron chi connectivity index (χ3n) is 4.57. The summed E-state index contributed by atoms with van der Waals surface area (Å²) in [4.78, 5) is 14.3. The van der Waals surface area contributed by atoms with Crippen molar-refractivity contribution in [3.63, 3.8) is 0 Å². The lowest BCUT2D eigenvalue weighted by atomic mass is 10.0. The van der Waals surface area contributed by atoms with Gasteiger partial charge in [-0.15, -0.1) is 0 Å². The number of halogens is 3. The molecule has 0 saturated heterocycles. The van der Waals surface area contributed by atoms with Crippen LogP contribution >= 0.6 is 0 Å². The predicted octanol–water partition coefficient (Wildman–Crippen LogP) is 4.53. The number of carbonyl (C=O) groups is 1. The van der Waals surface area contributed by atoms with Crippen LogP contribution in [0, 0.1) is 0 Å². The van der Waals surface area contributed by atoms with Crippen molar-refractivity contribution >= 4 is 16.8 Å². The number of ketones is 1. The molecule has 3 rings (SSSR count). The minimum atomic E-state index is -4.36. The topological polar surface area (TPSA) is 45.5 Å². The maximum Gasteiger partial charge on any atom is 0.416 e. The van der Waals surface area contributed by atoms with Gasteiger partial charge < -0.3 is 14.6 Å². The van der Waals surface area contributed by atoms with Crippen LogP contribution in [-0.4, -0.2) is 37.9 Å². The molecule has 0 radical (unpaired) electrons. The van der Waals surface area contributed by atoms with Crippen molar-refractivity contribution < 1.29 is 22.4 Å². The van der Waals surface area contributed by atoms with E-state index in [2.05, 4.69) is 5.32 Å². The molecular weight excluding hydrogens is 369 g/mol. The van der Waals surface area contributed by atoms with E-state index < -0.39 is 11.7 Å². The Morgan fingerprint density at radius 2 is 1.79 bits per heavy atom. The Morgan fingerprint density at radius 1 is 1.11 bits per heavy atom. The summed E-state index contributed by atoms with van der Waals surface area (Å²) in [7, 11) is 3.68. The first-order chi connectivity index (χ1) is 13.3. The number of likely N-dealkylation sites (N-methyl/N-ethyl adjacent to an activating group) is 1. The second kappa shape index (κ2) is 8.16. The van der Waals surface area contributed by atoms with E-state index in [4.69, 9.17) is 4.42 Å². The van der Waals surface area contributed by atoms with Crippen LogP contribution in [-0.2, 0) is 6.18 Å². The zero-order valence-electron chi connectivity index (χ0n) is 15.6. The average Bonchev–Trinajstić information content (AvgIpc) is 3.08. The summed E-state index contributed by atoms with van der Waals surface area (Å²) in [6.45, 7) is 0.481. The molecule has 0 bridgehead atoms. The number of nitrogens with one attached hydrogen (secondary N) is 1. The Kier molecular flexibility index (Phi) is 5.86. The van der Waals surface area contributed by atoms with Crippen molar-refractivity contribution in [3.05, 3.63) is 71.5 Å². The molecule has 1 unspecified atom stereocenters. The van der Waals surface area contributed by atoms with Crippen molar-refractivity contribution in [2.75, 3.05) is 27.2 Å². The molecule has 7 heteroatoms. The minimum absolute atomic E-state index is 0.0742. The van der Waals surface area contributed by atoms with Crippen molar-refractivity contribution in [3.8, 4) is 0 Å². The first kappa shape index (κ1) is 20.1. The summed E-state index contributed by atoms with van der Waals surface area (Å²) in [6.07, 6.45) is -4.36. The number of furan rings is 1. The number of rotatable bonds is 7. The molecule has 1 heterocycles. The highest BCUT2D eigenvalue weighted by Gasteiger charge is 2.30. The van der Waals surface area contributed by atoms with Crippen LogP contribution in [0.5, 0.6) is 0 Å². The molecular formula is C21H21F3N2O2. The monoisotopic (exact) mass is 390 g/mol. The van der Waals surface area contributed by atoms with Gasteiger partial charge in [-0.1, -0.05) is 30.3 Å². The Labute approximate surface area is 160 Å². The number of carbonyl (C=O) groups excluding carboxylic acids is 1. The number of nitrogens with zero attached hydrogens (tertiary/aromatic N) is 1. The van der Waals surface area contributed by atoms with E-state index >= 15 is 0 Å². The van der Waals surface area contributed by atoms with E-state index in [-0.39, 0.29) is 24.1 Å². The maximum absolute atomic E-state index is 12.7. The molecule has 0 aliphatic carbocycles. The molecule has 1 N–H and O–H groups in total. The number of alkyl halides is 3. The molecule has 4 nitrogen and oxygen atoms in total. The molecule has 0 fully saturated rings. The van der Waals surface area contributed by atoms with Crippen molar-refractivity contribution in [2.24, 2.45) is 0 Å². The molecule has 3 aromatic rings. The largest absolute Gasteiger partial charge is 0.453 e. The fourth-order valence-corrected chi connectivity index (χ4v) is 3.02. The van der Waals surface area contributed by atoms with Gasteiger partial charge in [-0.2, -0.15) is 13.2 Å².